The Morgan fingerprint density at radius 1 is 1.04 bits per heavy atom. The minimum absolute atomic E-state index is 0.498. The van der Waals surface area contributed by atoms with Crippen molar-refractivity contribution in [3.8, 4) is 0 Å². The molecule has 0 unspecified atom stereocenters. The molecule has 26 heavy (non-hydrogen) atoms. The van der Waals surface area contributed by atoms with Crippen LogP contribution in [0.5, 0.6) is 0 Å². The van der Waals surface area contributed by atoms with E-state index in [2.05, 4.69) is 26.7 Å². The molecule has 1 aromatic carbocycles. The number of benzene rings is 1. The van der Waals surface area contributed by atoms with Crippen LogP contribution in [0.2, 0.25) is 0 Å². The van der Waals surface area contributed by atoms with Crippen molar-refractivity contribution in [2.75, 3.05) is 17.2 Å². The lowest BCUT2D eigenvalue weighted by atomic mass is 9.97. The first-order chi connectivity index (χ1) is 12.5. The van der Waals surface area contributed by atoms with Gasteiger partial charge in [-0.05, 0) is 62.4 Å². The van der Waals surface area contributed by atoms with Crippen LogP contribution in [-0.4, -0.2) is 16.5 Å². The molecule has 0 aliphatic heterocycles. The number of alkyl halides is 3. The quantitative estimate of drug-likeness (QED) is 0.662. The number of nitrogens with one attached hydrogen (secondary N) is 2. The highest BCUT2D eigenvalue weighted by atomic mass is 19.4. The summed E-state index contributed by atoms with van der Waals surface area (Å²) in [6, 6.07) is 6.52. The molecule has 4 nitrogen and oxygen atoms in total. The van der Waals surface area contributed by atoms with Crippen molar-refractivity contribution in [1.82, 2.24) is 9.97 Å². The van der Waals surface area contributed by atoms with Gasteiger partial charge >= 0.3 is 6.18 Å². The number of allylic oxidation sites excluding steroid dienone is 1. The normalized spacial score (nSPS) is 14.7. The van der Waals surface area contributed by atoms with Crippen molar-refractivity contribution in [1.29, 1.82) is 0 Å². The van der Waals surface area contributed by atoms with Gasteiger partial charge in [0, 0.05) is 18.4 Å². The Bertz CT molecular complexity index is 754. The Morgan fingerprint density at radius 2 is 1.85 bits per heavy atom. The largest absolute Gasteiger partial charge is 0.416 e. The van der Waals surface area contributed by atoms with E-state index in [1.54, 1.807) is 12.3 Å². The van der Waals surface area contributed by atoms with E-state index in [9.17, 15) is 13.2 Å². The van der Waals surface area contributed by atoms with E-state index in [0.29, 0.717) is 17.5 Å². The second kappa shape index (κ2) is 8.21. The monoisotopic (exact) mass is 362 g/mol. The standard InChI is InChI=1S/C19H21F3N4/c20-19(21,22)15-6-8-16(9-7-15)25-17-11-13-24-18(26-17)23-12-10-14-4-2-1-3-5-14/h4,6-9,11,13H,1-3,5,10,12H2,(H2,23,24,25,26). The molecule has 1 aliphatic rings. The molecule has 7 heteroatoms. The lowest BCUT2D eigenvalue weighted by molar-refractivity contribution is -0.137. The van der Waals surface area contributed by atoms with E-state index in [1.807, 2.05) is 0 Å². The maximum Gasteiger partial charge on any atom is 0.416 e. The second-order valence-corrected chi connectivity index (χ2v) is 6.25. The van der Waals surface area contributed by atoms with Crippen LogP contribution in [0.4, 0.5) is 30.6 Å². The molecule has 1 aliphatic carbocycles. The van der Waals surface area contributed by atoms with Crippen LogP contribution in [0.25, 0.3) is 0 Å². The lowest BCUT2D eigenvalue weighted by Crippen LogP contribution is -2.08. The molecule has 0 atom stereocenters. The third-order valence-electron chi connectivity index (χ3n) is 4.25. The summed E-state index contributed by atoms with van der Waals surface area (Å²) in [5.41, 5.74) is 1.34. The van der Waals surface area contributed by atoms with E-state index in [-0.39, 0.29) is 0 Å². The summed E-state index contributed by atoms with van der Waals surface area (Å²) in [4.78, 5) is 8.53. The zero-order chi connectivity index (χ0) is 18.4. The fourth-order valence-electron chi connectivity index (χ4n) is 2.87. The van der Waals surface area contributed by atoms with Gasteiger partial charge in [-0.15, -0.1) is 0 Å². The second-order valence-electron chi connectivity index (χ2n) is 6.25. The average Bonchev–Trinajstić information content (AvgIpc) is 2.63. The summed E-state index contributed by atoms with van der Waals surface area (Å²) in [5.74, 6) is 1.03. The Labute approximate surface area is 150 Å². The topological polar surface area (TPSA) is 49.8 Å². The van der Waals surface area contributed by atoms with Crippen molar-refractivity contribution < 1.29 is 13.2 Å². The lowest BCUT2D eigenvalue weighted by Gasteiger charge is -2.13. The molecule has 1 aromatic heterocycles. The highest BCUT2D eigenvalue weighted by molar-refractivity contribution is 5.57. The average molecular weight is 362 g/mol. The van der Waals surface area contributed by atoms with Crippen LogP contribution in [0.15, 0.2) is 48.2 Å². The molecule has 2 N–H and O–H groups in total. The van der Waals surface area contributed by atoms with E-state index in [4.69, 9.17) is 0 Å². The highest BCUT2D eigenvalue weighted by Gasteiger charge is 2.29. The first-order valence-electron chi connectivity index (χ1n) is 8.70. The molecule has 0 saturated carbocycles. The predicted octanol–water partition coefficient (Wildman–Crippen LogP) is 5.54. The zero-order valence-corrected chi connectivity index (χ0v) is 14.3. The van der Waals surface area contributed by atoms with Gasteiger partial charge < -0.3 is 10.6 Å². The molecule has 0 amide bonds. The Balaban J connectivity index is 1.56. The molecule has 3 rings (SSSR count). The van der Waals surface area contributed by atoms with Gasteiger partial charge in [-0.3, -0.25) is 0 Å². The number of hydrogen-bond donors (Lipinski definition) is 2. The number of rotatable bonds is 6. The van der Waals surface area contributed by atoms with Crippen LogP contribution in [-0.2, 0) is 6.18 Å². The van der Waals surface area contributed by atoms with Crippen molar-refractivity contribution in [2.45, 2.75) is 38.3 Å². The summed E-state index contributed by atoms with van der Waals surface area (Å²) in [5, 5.41) is 6.19. The number of halogens is 3. The first-order valence-corrected chi connectivity index (χ1v) is 8.70. The van der Waals surface area contributed by atoms with E-state index in [0.717, 1.165) is 31.5 Å². The van der Waals surface area contributed by atoms with E-state index >= 15 is 0 Å². The summed E-state index contributed by atoms with van der Waals surface area (Å²) in [6.45, 7) is 0.759. The zero-order valence-electron chi connectivity index (χ0n) is 14.3. The number of nitrogens with zero attached hydrogens (tertiary/aromatic N) is 2. The highest BCUT2D eigenvalue weighted by Crippen LogP contribution is 2.30. The first kappa shape index (κ1) is 18.2. The maximum atomic E-state index is 12.6. The summed E-state index contributed by atoms with van der Waals surface area (Å²) in [6.07, 6.45) is 5.43. The number of aromatic nitrogens is 2. The van der Waals surface area contributed by atoms with Gasteiger partial charge in [0.1, 0.15) is 5.82 Å². The van der Waals surface area contributed by atoms with Gasteiger partial charge in [-0.1, -0.05) is 11.6 Å². The Hall–Kier alpha value is -2.57. The molecule has 0 saturated heterocycles. The minimum Gasteiger partial charge on any atom is -0.354 e. The minimum atomic E-state index is -4.34. The van der Waals surface area contributed by atoms with Crippen LogP contribution < -0.4 is 10.6 Å². The van der Waals surface area contributed by atoms with Crippen LogP contribution in [0.1, 0.15) is 37.7 Å². The van der Waals surface area contributed by atoms with Crippen LogP contribution >= 0.6 is 0 Å². The number of anilines is 3. The predicted molar refractivity (Wildman–Crippen MR) is 96.4 cm³/mol. The maximum absolute atomic E-state index is 12.6. The molecule has 1 heterocycles. The van der Waals surface area contributed by atoms with Gasteiger partial charge in [0.2, 0.25) is 5.95 Å². The smallest absolute Gasteiger partial charge is 0.354 e. The van der Waals surface area contributed by atoms with Gasteiger partial charge in [0.05, 0.1) is 5.56 Å². The fourth-order valence-corrected chi connectivity index (χ4v) is 2.87. The van der Waals surface area contributed by atoms with Crippen molar-refractivity contribution >= 4 is 17.5 Å². The third kappa shape index (κ3) is 5.21. The van der Waals surface area contributed by atoms with E-state index < -0.39 is 11.7 Å². The van der Waals surface area contributed by atoms with Crippen molar-refractivity contribution in [2.24, 2.45) is 0 Å². The molecule has 0 radical (unpaired) electrons. The fraction of sp³-hybridized carbons (Fsp3) is 0.368. The van der Waals surface area contributed by atoms with Gasteiger partial charge in [-0.25, -0.2) is 4.98 Å². The van der Waals surface area contributed by atoms with Crippen LogP contribution in [0, 0.1) is 0 Å². The van der Waals surface area contributed by atoms with Gasteiger partial charge in [-0.2, -0.15) is 18.2 Å². The summed E-state index contributed by atoms with van der Waals surface area (Å²) in [7, 11) is 0. The molecule has 2 aromatic rings. The molecule has 138 valence electrons. The molecular weight excluding hydrogens is 341 g/mol. The molecule has 0 spiro atoms. The molecule has 0 fully saturated rings. The van der Waals surface area contributed by atoms with Gasteiger partial charge in [0.25, 0.3) is 0 Å². The number of hydrogen-bond acceptors (Lipinski definition) is 4. The van der Waals surface area contributed by atoms with Crippen molar-refractivity contribution in [3.05, 3.63) is 53.7 Å². The Morgan fingerprint density at radius 3 is 2.54 bits per heavy atom. The van der Waals surface area contributed by atoms with Crippen molar-refractivity contribution in [3.63, 3.8) is 0 Å². The molecule has 0 bridgehead atoms. The molecular formula is C19H21F3N4. The summed E-state index contributed by atoms with van der Waals surface area (Å²) >= 11 is 0. The Kier molecular flexibility index (Phi) is 5.75. The van der Waals surface area contributed by atoms with E-state index in [1.165, 1.54) is 37.0 Å². The van der Waals surface area contributed by atoms with Crippen LogP contribution in [0.3, 0.4) is 0 Å². The van der Waals surface area contributed by atoms with Gasteiger partial charge in [0.15, 0.2) is 0 Å². The summed E-state index contributed by atoms with van der Waals surface area (Å²) < 4.78 is 37.8. The SMILES string of the molecule is FC(F)(F)c1ccc(Nc2ccnc(NCCC3=CCCCC3)n2)cc1. The third-order valence-corrected chi connectivity index (χ3v) is 4.25.